The van der Waals surface area contributed by atoms with E-state index in [-0.39, 0.29) is 19.5 Å². The first kappa shape index (κ1) is 9.53. The van der Waals surface area contributed by atoms with Gasteiger partial charge in [0, 0.05) is 0 Å². The molecule has 0 saturated heterocycles. The van der Waals surface area contributed by atoms with E-state index in [0.717, 1.165) is 24.6 Å². The van der Waals surface area contributed by atoms with Gasteiger partial charge < -0.3 is 10.1 Å². The predicted molar refractivity (Wildman–Crippen MR) is 44.6 cm³/mol. The Hall–Kier alpha value is -0.557. The van der Waals surface area contributed by atoms with E-state index in [1.807, 2.05) is 12.1 Å². The molecule has 1 radical (unpaired) electrons. The molecule has 0 spiro atoms. The van der Waals surface area contributed by atoms with E-state index in [1.54, 1.807) is 0 Å². The fraction of sp³-hybridized carbons (Fsp3) is 0.333. The Balaban J connectivity index is 0.000000720. The van der Waals surface area contributed by atoms with E-state index in [9.17, 15) is 0 Å². The Labute approximate surface area is 85.1 Å². The SMILES string of the molecule is Cc1ccc2c(c1)OCC[N-]2.[Ru+]. The van der Waals surface area contributed by atoms with Crippen LogP contribution in [-0.4, -0.2) is 13.2 Å². The maximum atomic E-state index is 5.41. The van der Waals surface area contributed by atoms with Crippen LogP contribution in [0, 0.1) is 6.92 Å². The molecule has 0 atom stereocenters. The predicted octanol–water partition coefficient (Wildman–Crippen LogP) is 2.39. The van der Waals surface area contributed by atoms with Crippen molar-refractivity contribution >= 4 is 5.69 Å². The minimum absolute atomic E-state index is 0. The van der Waals surface area contributed by atoms with Crippen molar-refractivity contribution in [2.75, 3.05) is 13.2 Å². The molecule has 0 aromatic heterocycles. The van der Waals surface area contributed by atoms with Crippen molar-refractivity contribution in [2.45, 2.75) is 6.92 Å². The van der Waals surface area contributed by atoms with Gasteiger partial charge in [-0.25, -0.2) is 0 Å². The molecule has 0 aliphatic carbocycles. The molecule has 65 valence electrons. The van der Waals surface area contributed by atoms with Crippen LogP contribution in [0.4, 0.5) is 5.69 Å². The molecule has 1 aliphatic rings. The second-order valence-corrected chi connectivity index (χ2v) is 2.70. The summed E-state index contributed by atoms with van der Waals surface area (Å²) >= 11 is 0. The fourth-order valence-corrected chi connectivity index (χ4v) is 1.19. The van der Waals surface area contributed by atoms with Crippen molar-refractivity contribution in [1.82, 2.24) is 0 Å². The average molecular weight is 249 g/mol. The van der Waals surface area contributed by atoms with E-state index < -0.39 is 0 Å². The van der Waals surface area contributed by atoms with Crippen LogP contribution in [0.5, 0.6) is 5.75 Å². The number of benzene rings is 1. The van der Waals surface area contributed by atoms with Gasteiger partial charge in [0.25, 0.3) is 0 Å². The van der Waals surface area contributed by atoms with Crippen LogP contribution in [0.1, 0.15) is 5.56 Å². The third-order valence-corrected chi connectivity index (χ3v) is 1.75. The number of hydrogen-bond acceptors (Lipinski definition) is 1. The van der Waals surface area contributed by atoms with E-state index in [2.05, 4.69) is 18.3 Å². The molecule has 12 heavy (non-hydrogen) atoms. The van der Waals surface area contributed by atoms with Crippen LogP contribution in [0.25, 0.3) is 5.32 Å². The first-order valence-electron chi connectivity index (χ1n) is 3.77. The Kier molecular flexibility index (Phi) is 3.10. The molecule has 0 bridgehead atoms. The van der Waals surface area contributed by atoms with Crippen LogP contribution >= 0.6 is 0 Å². The maximum Gasteiger partial charge on any atom is 1.00 e. The van der Waals surface area contributed by atoms with Crippen LogP contribution in [0.2, 0.25) is 0 Å². The van der Waals surface area contributed by atoms with Crippen molar-refractivity contribution in [2.24, 2.45) is 0 Å². The molecule has 0 fully saturated rings. The van der Waals surface area contributed by atoms with Crippen molar-refractivity contribution in [3.05, 3.63) is 29.1 Å². The quantitative estimate of drug-likeness (QED) is 0.647. The van der Waals surface area contributed by atoms with E-state index in [0.29, 0.717) is 0 Å². The molecule has 1 aromatic rings. The summed E-state index contributed by atoms with van der Waals surface area (Å²) in [5.41, 5.74) is 2.21. The summed E-state index contributed by atoms with van der Waals surface area (Å²) < 4.78 is 5.41. The van der Waals surface area contributed by atoms with Gasteiger partial charge >= 0.3 is 19.5 Å². The monoisotopic (exact) mass is 250 g/mol. The third kappa shape index (κ3) is 1.78. The van der Waals surface area contributed by atoms with Crippen molar-refractivity contribution in [3.63, 3.8) is 0 Å². The Morgan fingerprint density at radius 2 is 2.25 bits per heavy atom. The van der Waals surface area contributed by atoms with Gasteiger partial charge in [-0.2, -0.15) is 0 Å². The largest absolute Gasteiger partial charge is 1.00 e. The number of ether oxygens (including phenoxy) is 1. The molecule has 0 saturated carbocycles. The van der Waals surface area contributed by atoms with Gasteiger partial charge in [0.2, 0.25) is 0 Å². The molecule has 0 unspecified atom stereocenters. The van der Waals surface area contributed by atoms with Crippen LogP contribution in [0.15, 0.2) is 18.2 Å². The second-order valence-electron chi connectivity index (χ2n) is 2.70. The third-order valence-electron chi connectivity index (χ3n) is 1.75. The Morgan fingerprint density at radius 3 is 3.08 bits per heavy atom. The summed E-state index contributed by atoms with van der Waals surface area (Å²) in [7, 11) is 0. The summed E-state index contributed by atoms with van der Waals surface area (Å²) in [5.74, 6) is 0.927. The van der Waals surface area contributed by atoms with Gasteiger partial charge in [0.15, 0.2) is 0 Å². The standard InChI is InChI=1S/C9H10NO.Ru/c1-7-2-3-8-9(6-7)11-5-4-10-8;/h2-3,6H,4-5H2,1H3;/q-1;+1. The van der Waals surface area contributed by atoms with Gasteiger partial charge in [-0.05, 0) is 18.6 Å². The van der Waals surface area contributed by atoms with Gasteiger partial charge in [-0.15, -0.1) is 0 Å². The molecule has 1 aliphatic heterocycles. The minimum Gasteiger partial charge on any atom is -0.679 e. The first-order chi connectivity index (χ1) is 5.36. The minimum atomic E-state index is 0. The van der Waals surface area contributed by atoms with Gasteiger partial charge in [0.1, 0.15) is 5.75 Å². The molecule has 1 aromatic carbocycles. The molecular weight excluding hydrogens is 239 g/mol. The van der Waals surface area contributed by atoms with E-state index >= 15 is 0 Å². The number of nitrogens with zero attached hydrogens (tertiary/aromatic N) is 1. The molecular formula is C9H10NORu. The maximum absolute atomic E-state index is 5.41. The van der Waals surface area contributed by atoms with Gasteiger partial charge in [-0.3, -0.25) is 0 Å². The van der Waals surface area contributed by atoms with Gasteiger partial charge in [-0.1, -0.05) is 24.4 Å². The van der Waals surface area contributed by atoms with Crippen LogP contribution in [0.3, 0.4) is 0 Å². The number of fused-ring (bicyclic) bond motifs is 1. The normalized spacial score (nSPS) is 13.4. The van der Waals surface area contributed by atoms with E-state index in [4.69, 9.17) is 4.74 Å². The van der Waals surface area contributed by atoms with Gasteiger partial charge in [0.05, 0.1) is 6.61 Å². The number of aryl methyl sites for hydroxylation is 1. The second kappa shape index (κ2) is 3.90. The van der Waals surface area contributed by atoms with Crippen LogP contribution in [-0.2, 0) is 19.5 Å². The van der Waals surface area contributed by atoms with Crippen molar-refractivity contribution < 1.29 is 24.2 Å². The Bertz CT molecular complexity index is 275. The van der Waals surface area contributed by atoms with E-state index in [1.165, 1.54) is 5.56 Å². The molecule has 2 rings (SSSR count). The summed E-state index contributed by atoms with van der Waals surface area (Å²) in [6.07, 6.45) is 0. The van der Waals surface area contributed by atoms with Crippen molar-refractivity contribution in [3.8, 4) is 5.75 Å². The summed E-state index contributed by atoms with van der Waals surface area (Å²) in [6, 6.07) is 6.08. The number of rotatable bonds is 0. The molecule has 3 heteroatoms. The zero-order chi connectivity index (χ0) is 7.68. The molecule has 1 heterocycles. The summed E-state index contributed by atoms with van der Waals surface area (Å²) in [6.45, 7) is 3.56. The average Bonchev–Trinajstić information content (AvgIpc) is 2.04. The van der Waals surface area contributed by atoms with Crippen molar-refractivity contribution in [1.29, 1.82) is 0 Å². The molecule has 0 N–H and O–H groups in total. The molecule has 0 amide bonds. The summed E-state index contributed by atoms with van der Waals surface area (Å²) in [5, 5.41) is 4.31. The van der Waals surface area contributed by atoms with Crippen LogP contribution < -0.4 is 4.74 Å². The topological polar surface area (TPSA) is 23.3 Å². The fourth-order valence-electron chi connectivity index (χ4n) is 1.19. The molecule has 2 nitrogen and oxygen atoms in total. The summed E-state index contributed by atoms with van der Waals surface area (Å²) in [4.78, 5) is 0. The zero-order valence-corrected chi connectivity index (χ0v) is 8.59. The smallest absolute Gasteiger partial charge is 0.679 e. The zero-order valence-electron chi connectivity index (χ0n) is 6.86. The first-order valence-corrected chi connectivity index (χ1v) is 3.77. The Morgan fingerprint density at radius 1 is 1.42 bits per heavy atom. The number of hydrogen-bond donors (Lipinski definition) is 0.